The average Bonchev–Trinajstić information content (AvgIpc) is 2.30. The lowest BCUT2D eigenvalue weighted by Gasteiger charge is -1.93. The molecule has 0 bridgehead atoms. The predicted molar refractivity (Wildman–Crippen MR) is 39.8 cm³/mol. The fourth-order valence-electron chi connectivity index (χ4n) is 1.10. The molecular weight excluding hydrogens is 144 g/mol. The summed E-state index contributed by atoms with van der Waals surface area (Å²) in [5, 5.41) is 8.65. The molecule has 0 fully saturated rings. The first kappa shape index (κ1) is 7.85. The topological polar surface area (TPSA) is 50.4 Å². The second-order valence-electron chi connectivity index (χ2n) is 2.34. The lowest BCUT2D eigenvalue weighted by atomic mass is 10.1. The SMILES string of the molecule is CCc1c(C(=O)O)coc1C. The maximum absolute atomic E-state index is 10.5. The highest BCUT2D eigenvalue weighted by Crippen LogP contribution is 2.16. The molecule has 0 amide bonds. The lowest BCUT2D eigenvalue weighted by molar-refractivity contribution is 0.0695. The van der Waals surface area contributed by atoms with Crippen LogP contribution in [0.15, 0.2) is 10.7 Å². The van der Waals surface area contributed by atoms with Gasteiger partial charge in [-0.05, 0) is 13.3 Å². The summed E-state index contributed by atoms with van der Waals surface area (Å²) in [6.45, 7) is 3.68. The molecule has 0 saturated heterocycles. The number of furan rings is 1. The quantitative estimate of drug-likeness (QED) is 0.707. The van der Waals surface area contributed by atoms with E-state index in [1.165, 1.54) is 6.26 Å². The van der Waals surface area contributed by atoms with E-state index >= 15 is 0 Å². The summed E-state index contributed by atoms with van der Waals surface area (Å²) in [6, 6.07) is 0. The maximum Gasteiger partial charge on any atom is 0.339 e. The molecule has 1 rings (SSSR count). The van der Waals surface area contributed by atoms with Crippen LogP contribution in [-0.2, 0) is 6.42 Å². The molecule has 0 aromatic carbocycles. The summed E-state index contributed by atoms with van der Waals surface area (Å²) in [5.41, 5.74) is 1.07. The van der Waals surface area contributed by atoms with Crippen LogP contribution in [0.5, 0.6) is 0 Å². The van der Waals surface area contributed by atoms with Gasteiger partial charge in [0, 0.05) is 5.56 Å². The first-order chi connectivity index (χ1) is 5.16. The largest absolute Gasteiger partial charge is 0.478 e. The lowest BCUT2D eigenvalue weighted by Crippen LogP contribution is -1.98. The summed E-state index contributed by atoms with van der Waals surface area (Å²) >= 11 is 0. The normalized spacial score (nSPS) is 10.0. The number of aromatic carboxylic acids is 1. The molecule has 1 aromatic rings. The monoisotopic (exact) mass is 154 g/mol. The molecule has 0 unspecified atom stereocenters. The standard InChI is InChI=1S/C8H10O3/c1-3-6-5(2)11-4-7(6)8(9)10/h4H,3H2,1-2H3,(H,9,10). The number of hydrogen-bond donors (Lipinski definition) is 1. The van der Waals surface area contributed by atoms with Gasteiger partial charge in [0.2, 0.25) is 0 Å². The van der Waals surface area contributed by atoms with Crippen molar-refractivity contribution in [3.63, 3.8) is 0 Å². The average molecular weight is 154 g/mol. The molecular formula is C8H10O3. The third kappa shape index (κ3) is 1.27. The van der Waals surface area contributed by atoms with Crippen molar-refractivity contribution < 1.29 is 14.3 Å². The van der Waals surface area contributed by atoms with Gasteiger partial charge in [0.1, 0.15) is 17.6 Å². The molecule has 1 aromatic heterocycles. The minimum absolute atomic E-state index is 0.282. The summed E-state index contributed by atoms with van der Waals surface area (Å²) in [6.07, 6.45) is 1.99. The van der Waals surface area contributed by atoms with Gasteiger partial charge in [-0.1, -0.05) is 6.92 Å². The van der Waals surface area contributed by atoms with Crippen molar-refractivity contribution in [1.82, 2.24) is 0 Å². The van der Waals surface area contributed by atoms with Gasteiger partial charge in [0.25, 0.3) is 0 Å². The number of carbonyl (C=O) groups is 1. The van der Waals surface area contributed by atoms with Crippen molar-refractivity contribution in [3.05, 3.63) is 23.2 Å². The Morgan fingerprint density at radius 3 is 2.73 bits per heavy atom. The van der Waals surface area contributed by atoms with E-state index in [-0.39, 0.29) is 5.56 Å². The van der Waals surface area contributed by atoms with E-state index < -0.39 is 5.97 Å². The number of carboxylic acids is 1. The van der Waals surface area contributed by atoms with Crippen molar-refractivity contribution in [1.29, 1.82) is 0 Å². The molecule has 0 spiro atoms. The molecule has 1 N–H and O–H groups in total. The maximum atomic E-state index is 10.5. The van der Waals surface area contributed by atoms with Gasteiger partial charge >= 0.3 is 5.97 Å². The van der Waals surface area contributed by atoms with Gasteiger partial charge in [-0.2, -0.15) is 0 Å². The van der Waals surface area contributed by atoms with E-state index in [1.54, 1.807) is 6.92 Å². The third-order valence-electron chi connectivity index (χ3n) is 1.69. The van der Waals surface area contributed by atoms with Gasteiger partial charge in [0.05, 0.1) is 0 Å². The first-order valence-electron chi connectivity index (χ1n) is 3.47. The minimum atomic E-state index is -0.918. The Hall–Kier alpha value is -1.25. The molecule has 11 heavy (non-hydrogen) atoms. The number of carboxylic acid groups (broad SMARTS) is 1. The Labute approximate surface area is 64.6 Å². The van der Waals surface area contributed by atoms with Crippen LogP contribution in [0, 0.1) is 6.92 Å². The Morgan fingerprint density at radius 2 is 2.36 bits per heavy atom. The van der Waals surface area contributed by atoms with E-state index in [0.717, 1.165) is 5.56 Å². The molecule has 0 atom stereocenters. The third-order valence-corrected chi connectivity index (χ3v) is 1.69. The van der Waals surface area contributed by atoms with Gasteiger partial charge < -0.3 is 9.52 Å². The number of aryl methyl sites for hydroxylation is 1. The summed E-state index contributed by atoms with van der Waals surface area (Å²) in [4.78, 5) is 10.5. The summed E-state index contributed by atoms with van der Waals surface area (Å²) in [7, 11) is 0. The summed E-state index contributed by atoms with van der Waals surface area (Å²) < 4.78 is 4.97. The molecule has 0 aliphatic carbocycles. The van der Waals surface area contributed by atoms with Crippen molar-refractivity contribution >= 4 is 5.97 Å². The van der Waals surface area contributed by atoms with E-state index in [2.05, 4.69) is 0 Å². The fraction of sp³-hybridized carbons (Fsp3) is 0.375. The van der Waals surface area contributed by atoms with Crippen LogP contribution < -0.4 is 0 Å². The van der Waals surface area contributed by atoms with Crippen molar-refractivity contribution in [2.24, 2.45) is 0 Å². The van der Waals surface area contributed by atoms with E-state index in [0.29, 0.717) is 12.2 Å². The van der Waals surface area contributed by atoms with Gasteiger partial charge in [-0.3, -0.25) is 0 Å². The fourth-order valence-corrected chi connectivity index (χ4v) is 1.10. The smallest absolute Gasteiger partial charge is 0.339 e. The highest BCUT2D eigenvalue weighted by Gasteiger charge is 2.13. The Balaban J connectivity index is 3.15. The van der Waals surface area contributed by atoms with Crippen LogP contribution in [0.4, 0.5) is 0 Å². The van der Waals surface area contributed by atoms with Crippen molar-refractivity contribution in [2.75, 3.05) is 0 Å². The second-order valence-corrected chi connectivity index (χ2v) is 2.34. The van der Waals surface area contributed by atoms with Crippen LogP contribution in [0.25, 0.3) is 0 Å². The zero-order chi connectivity index (χ0) is 8.43. The van der Waals surface area contributed by atoms with Gasteiger partial charge in [-0.15, -0.1) is 0 Å². The van der Waals surface area contributed by atoms with Crippen LogP contribution in [0.3, 0.4) is 0 Å². The molecule has 3 nitrogen and oxygen atoms in total. The van der Waals surface area contributed by atoms with Crippen molar-refractivity contribution in [3.8, 4) is 0 Å². The van der Waals surface area contributed by atoms with E-state index in [9.17, 15) is 4.79 Å². The number of hydrogen-bond acceptors (Lipinski definition) is 2. The second kappa shape index (κ2) is 2.78. The first-order valence-corrected chi connectivity index (χ1v) is 3.47. The Kier molecular flexibility index (Phi) is 1.98. The van der Waals surface area contributed by atoms with Crippen LogP contribution in [0.2, 0.25) is 0 Å². The summed E-state index contributed by atoms with van der Waals surface area (Å²) in [5.74, 6) is -0.219. The highest BCUT2D eigenvalue weighted by atomic mass is 16.4. The zero-order valence-electron chi connectivity index (χ0n) is 6.55. The molecule has 0 aliphatic heterocycles. The van der Waals surface area contributed by atoms with Crippen LogP contribution >= 0.6 is 0 Å². The Morgan fingerprint density at radius 1 is 1.73 bits per heavy atom. The van der Waals surface area contributed by atoms with Crippen LogP contribution in [0.1, 0.15) is 28.6 Å². The van der Waals surface area contributed by atoms with Crippen LogP contribution in [-0.4, -0.2) is 11.1 Å². The van der Waals surface area contributed by atoms with E-state index in [4.69, 9.17) is 9.52 Å². The van der Waals surface area contributed by atoms with Crippen molar-refractivity contribution in [2.45, 2.75) is 20.3 Å². The number of rotatable bonds is 2. The molecule has 0 aliphatic rings. The Bertz CT molecular complexity index is 273. The minimum Gasteiger partial charge on any atom is -0.478 e. The molecule has 1 heterocycles. The van der Waals surface area contributed by atoms with Gasteiger partial charge in [-0.25, -0.2) is 4.79 Å². The predicted octanol–water partition coefficient (Wildman–Crippen LogP) is 1.85. The highest BCUT2D eigenvalue weighted by molar-refractivity contribution is 5.89. The zero-order valence-corrected chi connectivity index (χ0v) is 6.55. The molecule has 60 valence electrons. The van der Waals surface area contributed by atoms with Gasteiger partial charge in [0.15, 0.2) is 0 Å². The molecule has 0 saturated carbocycles. The molecule has 0 radical (unpaired) electrons. The molecule has 3 heteroatoms. The van der Waals surface area contributed by atoms with E-state index in [1.807, 2.05) is 6.92 Å².